The van der Waals surface area contributed by atoms with Crippen LogP contribution in [0, 0.1) is 5.92 Å². The zero-order valence-corrected chi connectivity index (χ0v) is 12.5. The van der Waals surface area contributed by atoms with Crippen LogP contribution in [0.1, 0.15) is 25.7 Å². The van der Waals surface area contributed by atoms with E-state index >= 15 is 0 Å². The van der Waals surface area contributed by atoms with Crippen molar-refractivity contribution in [3.05, 3.63) is 0 Å². The molecule has 2 rings (SSSR count). The van der Waals surface area contributed by atoms with Gasteiger partial charge in [0.15, 0.2) is 0 Å². The first-order valence-corrected chi connectivity index (χ1v) is 7.63. The zero-order chi connectivity index (χ0) is 15.2. The van der Waals surface area contributed by atoms with Gasteiger partial charge in [-0.1, -0.05) is 12.8 Å². The highest BCUT2D eigenvalue weighted by atomic mass is 16.5. The van der Waals surface area contributed by atoms with E-state index in [1.54, 1.807) is 0 Å². The lowest BCUT2D eigenvalue weighted by Crippen LogP contribution is -2.56. The summed E-state index contributed by atoms with van der Waals surface area (Å²) in [6.07, 6.45) is 3.62. The number of urea groups is 1. The van der Waals surface area contributed by atoms with Crippen molar-refractivity contribution < 1.29 is 19.4 Å². The summed E-state index contributed by atoms with van der Waals surface area (Å²) in [5.74, 6) is -0.182. The molecule has 1 aliphatic carbocycles. The maximum atomic E-state index is 11.9. The predicted octanol–water partition coefficient (Wildman–Crippen LogP) is -0.306. The van der Waals surface area contributed by atoms with Crippen LogP contribution in [0.4, 0.5) is 4.79 Å². The molecule has 1 aliphatic heterocycles. The second kappa shape index (κ2) is 7.72. The van der Waals surface area contributed by atoms with Gasteiger partial charge in [0.1, 0.15) is 0 Å². The molecule has 7 heteroatoms. The second-order valence-electron chi connectivity index (χ2n) is 5.76. The molecule has 0 spiro atoms. The van der Waals surface area contributed by atoms with E-state index in [1.165, 1.54) is 7.05 Å². The molecule has 3 amide bonds. The number of rotatable bonds is 3. The third kappa shape index (κ3) is 4.39. The van der Waals surface area contributed by atoms with Gasteiger partial charge >= 0.3 is 6.03 Å². The van der Waals surface area contributed by atoms with Crippen LogP contribution in [0.3, 0.4) is 0 Å². The van der Waals surface area contributed by atoms with Gasteiger partial charge < -0.3 is 15.2 Å². The summed E-state index contributed by atoms with van der Waals surface area (Å²) in [7, 11) is 1.47. The Hall–Kier alpha value is -1.18. The number of carbonyl (C=O) groups excluding carboxylic acids is 2. The Bertz CT molecular complexity index is 377. The summed E-state index contributed by atoms with van der Waals surface area (Å²) in [5.41, 5.74) is 0. The molecule has 0 radical (unpaired) electrons. The van der Waals surface area contributed by atoms with Crippen molar-refractivity contribution in [2.45, 2.75) is 37.8 Å². The Balaban J connectivity index is 1.95. The van der Waals surface area contributed by atoms with Crippen LogP contribution < -0.4 is 10.6 Å². The maximum absolute atomic E-state index is 11.9. The quantitative estimate of drug-likeness (QED) is 0.665. The highest BCUT2D eigenvalue weighted by molar-refractivity contribution is 5.95. The molecule has 3 atom stereocenters. The summed E-state index contributed by atoms with van der Waals surface area (Å²) in [4.78, 5) is 25.1. The number of morpholine rings is 1. The van der Waals surface area contributed by atoms with Gasteiger partial charge in [-0.25, -0.2) is 4.79 Å². The van der Waals surface area contributed by atoms with Crippen LogP contribution in [0.5, 0.6) is 0 Å². The van der Waals surface area contributed by atoms with E-state index in [2.05, 4.69) is 10.6 Å². The smallest absolute Gasteiger partial charge is 0.321 e. The minimum atomic E-state index is -0.498. The van der Waals surface area contributed by atoms with Gasteiger partial charge in [-0.05, 0) is 12.8 Å². The van der Waals surface area contributed by atoms with Crippen LogP contribution in [0.25, 0.3) is 0 Å². The lowest BCUT2D eigenvalue weighted by Gasteiger charge is -2.43. The fourth-order valence-corrected chi connectivity index (χ4v) is 3.25. The summed E-state index contributed by atoms with van der Waals surface area (Å²) in [6.45, 7) is 1.92. The molecular formula is C14H25N3O4. The van der Waals surface area contributed by atoms with E-state index < -0.39 is 6.03 Å². The number of ether oxygens (including phenoxy) is 1. The standard InChI is InChI=1S/C14H25N3O4/c1-15-14(20)16-13(19)8-17-6-7-21-9-11(17)10-4-2-3-5-12(10)18/h10-12,18H,2-9H2,1H3,(H2,15,16,19,20). The largest absolute Gasteiger partial charge is 0.393 e. The van der Waals surface area contributed by atoms with Crippen LogP contribution in [0.2, 0.25) is 0 Å². The Morgan fingerprint density at radius 3 is 2.81 bits per heavy atom. The van der Waals surface area contributed by atoms with Crippen molar-refractivity contribution in [3.63, 3.8) is 0 Å². The van der Waals surface area contributed by atoms with Gasteiger partial charge in [-0.2, -0.15) is 0 Å². The van der Waals surface area contributed by atoms with E-state index in [0.29, 0.717) is 19.8 Å². The number of nitrogens with zero attached hydrogens (tertiary/aromatic N) is 1. The van der Waals surface area contributed by atoms with Crippen molar-refractivity contribution in [2.75, 3.05) is 33.4 Å². The Labute approximate surface area is 125 Å². The number of carbonyl (C=O) groups is 2. The average molecular weight is 299 g/mol. The van der Waals surface area contributed by atoms with E-state index in [-0.39, 0.29) is 30.5 Å². The Morgan fingerprint density at radius 2 is 2.10 bits per heavy atom. The molecular weight excluding hydrogens is 274 g/mol. The summed E-state index contributed by atoms with van der Waals surface area (Å²) in [5, 5.41) is 14.8. The van der Waals surface area contributed by atoms with E-state index in [1.807, 2.05) is 4.90 Å². The van der Waals surface area contributed by atoms with Gasteiger partial charge in [-0.3, -0.25) is 15.0 Å². The van der Waals surface area contributed by atoms with Crippen LogP contribution >= 0.6 is 0 Å². The molecule has 1 saturated carbocycles. The molecule has 21 heavy (non-hydrogen) atoms. The predicted molar refractivity (Wildman–Crippen MR) is 76.7 cm³/mol. The van der Waals surface area contributed by atoms with Crippen LogP contribution in [-0.2, 0) is 9.53 Å². The molecule has 0 aromatic carbocycles. The van der Waals surface area contributed by atoms with Gasteiger partial charge in [0.25, 0.3) is 0 Å². The third-order valence-electron chi connectivity index (χ3n) is 4.38. The molecule has 3 unspecified atom stereocenters. The molecule has 1 saturated heterocycles. The monoisotopic (exact) mass is 299 g/mol. The molecule has 2 aliphatic rings. The zero-order valence-electron chi connectivity index (χ0n) is 12.5. The average Bonchev–Trinajstić information content (AvgIpc) is 2.48. The topological polar surface area (TPSA) is 90.9 Å². The van der Waals surface area contributed by atoms with Gasteiger partial charge in [0, 0.05) is 25.6 Å². The summed E-state index contributed by atoms with van der Waals surface area (Å²) >= 11 is 0. The molecule has 0 bridgehead atoms. The third-order valence-corrected chi connectivity index (χ3v) is 4.38. The molecule has 2 fully saturated rings. The van der Waals surface area contributed by atoms with Crippen molar-refractivity contribution in [2.24, 2.45) is 5.92 Å². The Morgan fingerprint density at radius 1 is 1.33 bits per heavy atom. The summed E-state index contributed by atoms with van der Waals surface area (Å²) in [6, 6.07) is -0.452. The number of hydrogen-bond acceptors (Lipinski definition) is 5. The molecule has 1 heterocycles. The number of aliphatic hydroxyl groups excluding tert-OH is 1. The fraction of sp³-hybridized carbons (Fsp3) is 0.857. The number of amides is 3. The number of nitrogens with one attached hydrogen (secondary N) is 2. The molecule has 3 N–H and O–H groups in total. The van der Waals surface area contributed by atoms with Crippen molar-refractivity contribution >= 4 is 11.9 Å². The fourth-order valence-electron chi connectivity index (χ4n) is 3.25. The second-order valence-corrected chi connectivity index (χ2v) is 5.76. The number of aliphatic hydroxyl groups is 1. The molecule has 0 aromatic heterocycles. The molecule has 0 aromatic rings. The SMILES string of the molecule is CNC(=O)NC(=O)CN1CCOCC1C1CCCCC1O. The van der Waals surface area contributed by atoms with Crippen molar-refractivity contribution in [1.29, 1.82) is 0 Å². The van der Waals surface area contributed by atoms with E-state index in [4.69, 9.17) is 4.74 Å². The minimum absolute atomic E-state index is 0.0458. The highest BCUT2D eigenvalue weighted by Gasteiger charge is 2.36. The van der Waals surface area contributed by atoms with Crippen molar-refractivity contribution in [3.8, 4) is 0 Å². The van der Waals surface area contributed by atoms with Crippen LogP contribution in [0.15, 0.2) is 0 Å². The van der Waals surface area contributed by atoms with E-state index in [0.717, 1.165) is 25.7 Å². The molecule has 120 valence electrons. The Kier molecular flexibility index (Phi) is 5.96. The van der Waals surface area contributed by atoms with Crippen LogP contribution in [-0.4, -0.2) is 67.4 Å². The normalized spacial score (nSPS) is 30.7. The first-order valence-electron chi connectivity index (χ1n) is 7.63. The maximum Gasteiger partial charge on any atom is 0.321 e. The first-order chi connectivity index (χ1) is 10.1. The van der Waals surface area contributed by atoms with Gasteiger partial charge in [0.2, 0.25) is 5.91 Å². The minimum Gasteiger partial charge on any atom is -0.393 e. The summed E-state index contributed by atoms with van der Waals surface area (Å²) < 4.78 is 5.53. The first kappa shape index (κ1) is 16.2. The lowest BCUT2D eigenvalue weighted by molar-refractivity contribution is -0.126. The molecule has 7 nitrogen and oxygen atoms in total. The number of imide groups is 1. The highest BCUT2D eigenvalue weighted by Crippen LogP contribution is 2.30. The number of hydrogen-bond donors (Lipinski definition) is 3. The van der Waals surface area contributed by atoms with Crippen molar-refractivity contribution in [1.82, 2.24) is 15.5 Å². The van der Waals surface area contributed by atoms with E-state index in [9.17, 15) is 14.7 Å². The van der Waals surface area contributed by atoms with Gasteiger partial charge in [0.05, 0.1) is 25.9 Å². The lowest BCUT2D eigenvalue weighted by atomic mass is 9.80. The van der Waals surface area contributed by atoms with Gasteiger partial charge in [-0.15, -0.1) is 0 Å².